The second kappa shape index (κ2) is 7.70. The molecule has 0 aliphatic rings. The largest absolute Gasteiger partial charge is 0.343 e. The summed E-state index contributed by atoms with van der Waals surface area (Å²) in [6.45, 7) is 5.27. The third kappa shape index (κ3) is 4.70. The molecule has 2 aromatic carbocycles. The number of para-hydroxylation sites is 1. The minimum absolute atomic E-state index is 0.0632. The first-order chi connectivity index (χ1) is 12.1. The van der Waals surface area contributed by atoms with Crippen LogP contribution in [-0.2, 0) is 14.6 Å². The number of benzene rings is 2. The third-order valence-corrected chi connectivity index (χ3v) is 5.15. The van der Waals surface area contributed by atoms with Crippen LogP contribution in [0.4, 0.5) is 5.69 Å². The maximum absolute atomic E-state index is 12.3. The van der Waals surface area contributed by atoms with Crippen molar-refractivity contribution in [3.8, 4) is 0 Å². The van der Waals surface area contributed by atoms with Gasteiger partial charge in [0.15, 0.2) is 9.84 Å². The summed E-state index contributed by atoms with van der Waals surface area (Å²) in [6, 6.07) is 10.0. The van der Waals surface area contributed by atoms with Gasteiger partial charge in [0.25, 0.3) is 5.91 Å². The highest BCUT2D eigenvalue weighted by Gasteiger charge is 2.15. The van der Waals surface area contributed by atoms with Crippen molar-refractivity contribution in [3.63, 3.8) is 0 Å². The number of aryl methyl sites for hydroxylation is 3. The summed E-state index contributed by atoms with van der Waals surface area (Å²) in [5, 5.41) is 5.32. The van der Waals surface area contributed by atoms with Crippen LogP contribution < -0.4 is 10.6 Å². The number of nitrogens with one attached hydrogen (secondary N) is 2. The van der Waals surface area contributed by atoms with E-state index in [0.29, 0.717) is 5.56 Å². The van der Waals surface area contributed by atoms with E-state index in [-0.39, 0.29) is 22.9 Å². The van der Waals surface area contributed by atoms with E-state index in [1.54, 1.807) is 13.0 Å². The average molecular weight is 374 g/mol. The molecule has 26 heavy (non-hydrogen) atoms. The Morgan fingerprint density at radius 2 is 1.58 bits per heavy atom. The minimum atomic E-state index is -3.42. The topological polar surface area (TPSA) is 92.3 Å². The highest BCUT2D eigenvalue weighted by Crippen LogP contribution is 2.19. The minimum Gasteiger partial charge on any atom is -0.343 e. The molecule has 0 aliphatic carbocycles. The second-order valence-electron chi connectivity index (χ2n) is 6.25. The van der Waals surface area contributed by atoms with E-state index in [1.807, 2.05) is 32.0 Å². The van der Waals surface area contributed by atoms with Crippen LogP contribution in [0.15, 0.2) is 41.3 Å². The summed E-state index contributed by atoms with van der Waals surface area (Å²) >= 11 is 0. The van der Waals surface area contributed by atoms with Crippen LogP contribution in [0.25, 0.3) is 0 Å². The number of carbonyl (C=O) groups is 2. The fraction of sp³-hybridized carbons (Fsp3) is 0.263. The number of carbonyl (C=O) groups excluding carboxylic acids is 2. The smallest absolute Gasteiger partial charge is 0.252 e. The molecule has 0 unspecified atom stereocenters. The Kier molecular flexibility index (Phi) is 5.82. The van der Waals surface area contributed by atoms with Crippen LogP contribution in [0.5, 0.6) is 0 Å². The van der Waals surface area contributed by atoms with Gasteiger partial charge >= 0.3 is 0 Å². The Morgan fingerprint density at radius 3 is 2.15 bits per heavy atom. The standard InChI is InChI=1S/C19H22N2O4S/c1-12-8-9-15(26(4,24)25)10-16(12)19(23)20-11-17(22)21-18-13(2)6-5-7-14(18)3/h5-10H,11H2,1-4H3,(H,20,23)(H,21,22). The molecule has 7 heteroatoms. The van der Waals surface area contributed by atoms with Crippen molar-refractivity contribution < 1.29 is 18.0 Å². The molecule has 0 fully saturated rings. The quantitative estimate of drug-likeness (QED) is 0.840. The third-order valence-electron chi connectivity index (χ3n) is 4.04. The molecular formula is C19H22N2O4S. The molecule has 0 saturated carbocycles. The first-order valence-corrected chi connectivity index (χ1v) is 9.93. The van der Waals surface area contributed by atoms with Crippen molar-refractivity contribution in [2.45, 2.75) is 25.7 Å². The van der Waals surface area contributed by atoms with Crippen molar-refractivity contribution >= 4 is 27.3 Å². The maximum atomic E-state index is 12.3. The van der Waals surface area contributed by atoms with Gasteiger partial charge in [0.05, 0.1) is 11.4 Å². The molecule has 0 spiro atoms. The van der Waals surface area contributed by atoms with Gasteiger partial charge in [-0.2, -0.15) is 0 Å². The highest BCUT2D eigenvalue weighted by molar-refractivity contribution is 7.90. The predicted molar refractivity (Wildman–Crippen MR) is 101 cm³/mol. The van der Waals surface area contributed by atoms with Crippen LogP contribution in [0.1, 0.15) is 27.0 Å². The van der Waals surface area contributed by atoms with Crippen molar-refractivity contribution in [1.82, 2.24) is 5.32 Å². The van der Waals surface area contributed by atoms with Gasteiger partial charge in [0, 0.05) is 17.5 Å². The predicted octanol–water partition coefficient (Wildman–Crippen LogP) is 2.38. The van der Waals surface area contributed by atoms with E-state index in [1.165, 1.54) is 12.1 Å². The van der Waals surface area contributed by atoms with Gasteiger partial charge in [-0.15, -0.1) is 0 Å². The van der Waals surface area contributed by atoms with Crippen molar-refractivity contribution in [3.05, 3.63) is 58.7 Å². The number of anilines is 1. The number of amides is 2. The number of hydrogen-bond acceptors (Lipinski definition) is 4. The Labute approximate surface area is 153 Å². The second-order valence-corrected chi connectivity index (χ2v) is 8.26. The molecule has 0 saturated heterocycles. The lowest BCUT2D eigenvalue weighted by atomic mass is 10.1. The van der Waals surface area contributed by atoms with Crippen LogP contribution >= 0.6 is 0 Å². The first kappa shape index (κ1) is 19.7. The summed E-state index contributed by atoms with van der Waals surface area (Å²) in [4.78, 5) is 24.6. The van der Waals surface area contributed by atoms with Crippen molar-refractivity contribution in [2.75, 3.05) is 18.1 Å². The average Bonchev–Trinajstić information content (AvgIpc) is 2.55. The summed E-state index contributed by atoms with van der Waals surface area (Å²) < 4.78 is 23.3. The van der Waals surface area contributed by atoms with E-state index in [2.05, 4.69) is 10.6 Å². The zero-order valence-corrected chi connectivity index (χ0v) is 16.0. The SMILES string of the molecule is Cc1ccc(S(C)(=O)=O)cc1C(=O)NCC(=O)Nc1c(C)cccc1C. The molecular weight excluding hydrogens is 352 g/mol. The fourth-order valence-electron chi connectivity index (χ4n) is 2.53. The monoisotopic (exact) mass is 374 g/mol. The van der Waals surface area contributed by atoms with Crippen LogP contribution in [0.2, 0.25) is 0 Å². The normalized spacial score (nSPS) is 11.1. The zero-order valence-electron chi connectivity index (χ0n) is 15.2. The molecule has 0 aliphatic heterocycles. The molecule has 6 nitrogen and oxygen atoms in total. The summed E-state index contributed by atoms with van der Waals surface area (Å²) in [5.74, 6) is -0.850. The Balaban J connectivity index is 2.08. The molecule has 0 radical (unpaired) electrons. The molecule has 2 aromatic rings. The number of hydrogen-bond donors (Lipinski definition) is 2. The molecule has 2 amide bonds. The van der Waals surface area contributed by atoms with Crippen LogP contribution in [0.3, 0.4) is 0 Å². The maximum Gasteiger partial charge on any atom is 0.252 e. The molecule has 2 rings (SSSR count). The lowest BCUT2D eigenvalue weighted by molar-refractivity contribution is -0.115. The summed E-state index contributed by atoms with van der Waals surface area (Å²) in [5.41, 5.74) is 3.45. The zero-order chi connectivity index (χ0) is 19.5. The lowest BCUT2D eigenvalue weighted by Gasteiger charge is -2.12. The highest BCUT2D eigenvalue weighted by atomic mass is 32.2. The Morgan fingerprint density at radius 1 is 0.962 bits per heavy atom. The molecule has 0 atom stereocenters. The fourth-order valence-corrected chi connectivity index (χ4v) is 3.17. The summed E-state index contributed by atoms with van der Waals surface area (Å²) in [7, 11) is -3.42. The van der Waals surface area contributed by atoms with Gasteiger partial charge in [0.2, 0.25) is 5.91 Å². The Bertz CT molecular complexity index is 945. The van der Waals surface area contributed by atoms with E-state index in [9.17, 15) is 18.0 Å². The Hall–Kier alpha value is -2.67. The van der Waals surface area contributed by atoms with Gasteiger partial charge in [-0.25, -0.2) is 8.42 Å². The van der Waals surface area contributed by atoms with Crippen LogP contribution in [0, 0.1) is 20.8 Å². The lowest BCUT2D eigenvalue weighted by Crippen LogP contribution is -2.33. The summed E-state index contributed by atoms with van der Waals surface area (Å²) in [6.07, 6.45) is 1.08. The molecule has 0 heterocycles. The van der Waals surface area contributed by atoms with Gasteiger partial charge in [-0.05, 0) is 49.6 Å². The van der Waals surface area contributed by atoms with Gasteiger partial charge in [0.1, 0.15) is 0 Å². The van der Waals surface area contributed by atoms with E-state index in [4.69, 9.17) is 0 Å². The molecule has 138 valence electrons. The van der Waals surface area contributed by atoms with Gasteiger partial charge < -0.3 is 10.6 Å². The first-order valence-electron chi connectivity index (χ1n) is 8.04. The van der Waals surface area contributed by atoms with Crippen molar-refractivity contribution in [1.29, 1.82) is 0 Å². The molecule has 2 N–H and O–H groups in total. The number of rotatable bonds is 5. The van der Waals surface area contributed by atoms with Gasteiger partial charge in [-0.3, -0.25) is 9.59 Å². The van der Waals surface area contributed by atoms with Crippen molar-refractivity contribution in [2.24, 2.45) is 0 Å². The molecule has 0 bridgehead atoms. The number of sulfone groups is 1. The van der Waals surface area contributed by atoms with E-state index in [0.717, 1.165) is 23.1 Å². The molecule has 0 aromatic heterocycles. The van der Waals surface area contributed by atoms with E-state index >= 15 is 0 Å². The van der Waals surface area contributed by atoms with Crippen LogP contribution in [-0.4, -0.2) is 33.0 Å². The van der Waals surface area contributed by atoms with Gasteiger partial charge in [-0.1, -0.05) is 24.3 Å². The van der Waals surface area contributed by atoms with E-state index < -0.39 is 15.7 Å².